The first-order valence-electron chi connectivity index (χ1n) is 9.07. The van der Waals surface area contributed by atoms with Gasteiger partial charge in [-0.1, -0.05) is 30.3 Å². The summed E-state index contributed by atoms with van der Waals surface area (Å²) in [4.78, 5) is 19.6. The molecule has 0 aliphatic carbocycles. The maximum absolute atomic E-state index is 12.7. The number of hydrogen-bond donors (Lipinski definition) is 2. The molecule has 0 fully saturated rings. The molecule has 31 heavy (non-hydrogen) atoms. The van der Waals surface area contributed by atoms with Crippen LogP contribution in [0.15, 0.2) is 80.4 Å². The number of para-hydroxylation sites is 2. The fraction of sp³-hybridized carbons (Fsp3) is 0.0952. The molecule has 4 aromatic rings. The third-order valence-corrected chi connectivity index (χ3v) is 4.97. The molecule has 4 rings (SSSR count). The van der Waals surface area contributed by atoms with E-state index in [0.29, 0.717) is 16.0 Å². The topological polar surface area (TPSA) is 83.3 Å². The van der Waals surface area contributed by atoms with Gasteiger partial charge in [-0.3, -0.25) is 4.79 Å². The summed E-state index contributed by atoms with van der Waals surface area (Å²) in [6, 6.07) is 15.7. The van der Waals surface area contributed by atoms with Gasteiger partial charge in [0.15, 0.2) is 10.2 Å². The Kier molecular flexibility index (Phi) is 5.81. The fourth-order valence-electron chi connectivity index (χ4n) is 2.78. The van der Waals surface area contributed by atoms with Crippen LogP contribution >= 0.6 is 11.8 Å². The Morgan fingerprint density at radius 3 is 2.81 bits per heavy atom. The van der Waals surface area contributed by atoms with Crippen molar-refractivity contribution >= 4 is 34.9 Å². The number of carbonyl (C=O) groups is 1. The number of aromatic amines is 1. The lowest BCUT2D eigenvalue weighted by atomic mass is 10.1. The number of furan rings is 1. The van der Waals surface area contributed by atoms with Gasteiger partial charge in [-0.05, 0) is 47.7 Å². The van der Waals surface area contributed by atoms with Crippen molar-refractivity contribution in [2.24, 2.45) is 5.10 Å². The lowest BCUT2D eigenvalue weighted by molar-refractivity contribution is -0.137. The summed E-state index contributed by atoms with van der Waals surface area (Å²) in [5.41, 5.74) is 3.49. The van der Waals surface area contributed by atoms with E-state index < -0.39 is 17.6 Å². The first kappa shape index (κ1) is 20.7. The van der Waals surface area contributed by atoms with Crippen LogP contribution in [0.1, 0.15) is 16.9 Å². The molecule has 0 spiro atoms. The molecule has 0 bridgehead atoms. The second-order valence-electron chi connectivity index (χ2n) is 6.49. The molecule has 0 saturated heterocycles. The van der Waals surface area contributed by atoms with E-state index in [1.165, 1.54) is 30.1 Å². The van der Waals surface area contributed by atoms with Crippen molar-refractivity contribution in [2.75, 3.05) is 0 Å². The monoisotopic (exact) mass is 444 g/mol. The predicted octanol–water partition coefficient (Wildman–Crippen LogP) is 5.02. The number of hydrazone groups is 1. The largest absolute Gasteiger partial charge is 0.448 e. The molecule has 2 heterocycles. The Bertz CT molecular complexity index is 1210. The summed E-state index contributed by atoms with van der Waals surface area (Å²) in [5.74, 6) is -0.142. The van der Waals surface area contributed by atoms with Crippen molar-refractivity contribution < 1.29 is 22.4 Å². The number of imidazole rings is 1. The van der Waals surface area contributed by atoms with Crippen molar-refractivity contribution in [3.05, 3.63) is 77.6 Å². The molecule has 0 aliphatic rings. The van der Waals surface area contributed by atoms with E-state index in [0.717, 1.165) is 23.2 Å². The first-order chi connectivity index (χ1) is 14.9. The highest BCUT2D eigenvalue weighted by Crippen LogP contribution is 2.30. The van der Waals surface area contributed by atoms with Gasteiger partial charge in [-0.2, -0.15) is 18.3 Å². The molecular weight excluding hydrogens is 429 g/mol. The minimum atomic E-state index is -4.46. The third kappa shape index (κ3) is 5.34. The van der Waals surface area contributed by atoms with Crippen LogP contribution in [0.3, 0.4) is 0 Å². The number of amides is 1. The average Bonchev–Trinajstić information content (AvgIpc) is 3.34. The number of carbonyl (C=O) groups excluding carboxylic acids is 1. The molecule has 0 radical (unpaired) electrons. The van der Waals surface area contributed by atoms with E-state index in [4.69, 9.17) is 4.42 Å². The average molecular weight is 444 g/mol. The third-order valence-electron chi connectivity index (χ3n) is 4.17. The summed E-state index contributed by atoms with van der Waals surface area (Å²) < 4.78 is 43.9. The van der Waals surface area contributed by atoms with Crippen LogP contribution < -0.4 is 5.43 Å². The number of hydrogen-bond acceptors (Lipinski definition) is 5. The molecule has 0 unspecified atom stereocenters. The summed E-state index contributed by atoms with van der Waals surface area (Å²) in [6.45, 7) is 0. The highest BCUT2D eigenvalue weighted by molar-refractivity contribution is 7.99. The Morgan fingerprint density at radius 2 is 2.00 bits per heavy atom. The zero-order valence-electron chi connectivity index (χ0n) is 15.8. The van der Waals surface area contributed by atoms with Gasteiger partial charge in [0, 0.05) is 0 Å². The van der Waals surface area contributed by atoms with Crippen molar-refractivity contribution in [3.63, 3.8) is 0 Å². The van der Waals surface area contributed by atoms with Crippen LogP contribution in [-0.2, 0) is 17.4 Å². The number of alkyl halides is 3. The fourth-order valence-corrected chi connectivity index (χ4v) is 3.55. The summed E-state index contributed by atoms with van der Waals surface area (Å²) in [6.07, 6.45) is -3.37. The molecule has 2 aromatic heterocycles. The molecule has 0 aliphatic heterocycles. The van der Waals surface area contributed by atoms with E-state index >= 15 is 0 Å². The zero-order valence-corrected chi connectivity index (χ0v) is 16.6. The van der Waals surface area contributed by atoms with Gasteiger partial charge in [0.25, 0.3) is 0 Å². The van der Waals surface area contributed by atoms with Gasteiger partial charge >= 0.3 is 6.18 Å². The lowest BCUT2D eigenvalue weighted by Gasteiger charge is -2.08. The van der Waals surface area contributed by atoms with Gasteiger partial charge in [0.05, 0.1) is 29.2 Å². The van der Waals surface area contributed by atoms with E-state index in [1.807, 2.05) is 24.3 Å². The molecule has 6 nitrogen and oxygen atoms in total. The van der Waals surface area contributed by atoms with Crippen LogP contribution in [0.4, 0.5) is 13.2 Å². The van der Waals surface area contributed by atoms with Crippen LogP contribution in [0.5, 0.6) is 0 Å². The Labute approximate surface area is 178 Å². The number of H-pyrrole nitrogens is 1. The molecular formula is C21H15F3N4O2S. The van der Waals surface area contributed by atoms with Crippen LogP contribution in [-0.4, -0.2) is 22.1 Å². The van der Waals surface area contributed by atoms with Crippen LogP contribution in [0.25, 0.3) is 11.0 Å². The second kappa shape index (κ2) is 8.68. The van der Waals surface area contributed by atoms with Crippen LogP contribution in [0.2, 0.25) is 0 Å². The van der Waals surface area contributed by atoms with Gasteiger partial charge in [0.1, 0.15) is 5.76 Å². The highest BCUT2D eigenvalue weighted by atomic mass is 32.2. The molecule has 1 amide bonds. The maximum atomic E-state index is 12.7. The van der Waals surface area contributed by atoms with E-state index in [9.17, 15) is 18.0 Å². The Balaban J connectivity index is 1.32. The number of fused-ring (bicyclic) bond motifs is 1. The van der Waals surface area contributed by atoms with Crippen molar-refractivity contribution in [1.29, 1.82) is 0 Å². The van der Waals surface area contributed by atoms with Crippen LogP contribution in [0, 0.1) is 0 Å². The second-order valence-corrected chi connectivity index (χ2v) is 7.48. The number of halogens is 3. The minimum Gasteiger partial charge on any atom is -0.448 e. The Morgan fingerprint density at radius 1 is 1.16 bits per heavy atom. The number of nitrogens with zero attached hydrogens (tertiary/aromatic N) is 2. The normalized spacial score (nSPS) is 12.0. The van der Waals surface area contributed by atoms with Crippen molar-refractivity contribution in [2.45, 2.75) is 22.8 Å². The standard InChI is InChI=1S/C21H15F3N4O2S/c22-21(23,24)14-5-3-4-13(10-14)11-18(29)28-25-12-15-8-9-19(30-15)31-20-26-16-6-1-2-7-17(16)27-20/h1-10,12H,11H2,(H,26,27)(H,28,29)/b25-12+. The molecule has 0 saturated carbocycles. The smallest absolute Gasteiger partial charge is 0.416 e. The summed E-state index contributed by atoms with van der Waals surface area (Å²) in [5, 5.41) is 5.04. The van der Waals surface area contributed by atoms with Gasteiger partial charge in [0.2, 0.25) is 5.91 Å². The number of rotatable bonds is 6. The van der Waals surface area contributed by atoms with Gasteiger partial charge < -0.3 is 9.40 Å². The number of aromatic nitrogens is 2. The minimum absolute atomic E-state index is 0.230. The van der Waals surface area contributed by atoms with E-state index in [-0.39, 0.29) is 12.0 Å². The first-order valence-corrected chi connectivity index (χ1v) is 9.89. The zero-order chi connectivity index (χ0) is 21.8. The summed E-state index contributed by atoms with van der Waals surface area (Å²) in [7, 11) is 0. The molecule has 2 aromatic carbocycles. The highest BCUT2D eigenvalue weighted by Gasteiger charge is 2.30. The SMILES string of the molecule is O=C(Cc1cccc(C(F)(F)F)c1)N/N=C/c1ccc(Sc2nc3ccccc3[nH]2)o1. The molecule has 0 atom stereocenters. The maximum Gasteiger partial charge on any atom is 0.416 e. The molecule has 2 N–H and O–H groups in total. The Hall–Kier alpha value is -3.53. The van der Waals surface area contributed by atoms with Gasteiger partial charge in [-0.25, -0.2) is 10.4 Å². The van der Waals surface area contributed by atoms with Crippen molar-refractivity contribution in [3.8, 4) is 0 Å². The quantitative estimate of drug-likeness (QED) is 0.323. The van der Waals surface area contributed by atoms with E-state index in [2.05, 4.69) is 20.5 Å². The van der Waals surface area contributed by atoms with Gasteiger partial charge in [-0.15, -0.1) is 0 Å². The number of benzene rings is 2. The summed E-state index contributed by atoms with van der Waals surface area (Å²) >= 11 is 1.30. The predicted molar refractivity (Wildman–Crippen MR) is 110 cm³/mol. The number of nitrogens with one attached hydrogen (secondary N) is 2. The molecule has 158 valence electrons. The molecule has 10 heteroatoms. The lowest BCUT2D eigenvalue weighted by Crippen LogP contribution is -2.20. The van der Waals surface area contributed by atoms with E-state index in [1.54, 1.807) is 12.1 Å². The van der Waals surface area contributed by atoms with Crippen molar-refractivity contribution in [1.82, 2.24) is 15.4 Å².